The van der Waals surface area contributed by atoms with Gasteiger partial charge < -0.3 is 9.42 Å². The summed E-state index contributed by atoms with van der Waals surface area (Å²) in [6.45, 7) is 2.58. The van der Waals surface area contributed by atoms with Crippen molar-refractivity contribution < 1.29 is 18.5 Å². The van der Waals surface area contributed by atoms with Gasteiger partial charge in [-0.3, -0.25) is 9.59 Å². The van der Waals surface area contributed by atoms with Crippen LogP contribution in [0, 0.1) is 18.7 Å². The third-order valence-corrected chi connectivity index (χ3v) is 5.26. The van der Waals surface area contributed by atoms with E-state index in [1.54, 1.807) is 30.0 Å². The average molecular weight is 392 g/mol. The summed E-state index contributed by atoms with van der Waals surface area (Å²) in [4.78, 5) is 27.2. The fraction of sp³-hybridized carbons (Fsp3) is 0.261. The molecule has 2 aromatic carbocycles. The van der Waals surface area contributed by atoms with Crippen molar-refractivity contribution in [3.63, 3.8) is 0 Å². The van der Waals surface area contributed by atoms with Gasteiger partial charge in [0.1, 0.15) is 11.6 Å². The Balaban J connectivity index is 1.50. The van der Waals surface area contributed by atoms with Gasteiger partial charge in [0.2, 0.25) is 0 Å². The number of amides is 1. The lowest BCUT2D eigenvalue weighted by Gasteiger charge is -2.31. The second kappa shape index (κ2) is 7.99. The first-order chi connectivity index (χ1) is 14.0. The molecule has 1 aliphatic heterocycles. The van der Waals surface area contributed by atoms with Crippen LogP contribution < -0.4 is 0 Å². The summed E-state index contributed by atoms with van der Waals surface area (Å²) < 4.78 is 19.6. The topological polar surface area (TPSA) is 63.4 Å². The number of aryl methyl sites for hydroxylation is 1. The summed E-state index contributed by atoms with van der Waals surface area (Å²) in [5.74, 6) is -0.610. The van der Waals surface area contributed by atoms with Gasteiger partial charge in [0.15, 0.2) is 11.5 Å². The van der Waals surface area contributed by atoms with Gasteiger partial charge in [-0.15, -0.1) is 0 Å². The van der Waals surface area contributed by atoms with E-state index in [2.05, 4.69) is 5.16 Å². The number of likely N-dealkylation sites (tertiary alicyclic amines) is 1. The van der Waals surface area contributed by atoms with Gasteiger partial charge in [0.25, 0.3) is 5.91 Å². The lowest BCUT2D eigenvalue weighted by molar-refractivity contribution is 0.0628. The van der Waals surface area contributed by atoms with E-state index in [0.29, 0.717) is 42.8 Å². The molecule has 3 aromatic rings. The van der Waals surface area contributed by atoms with Gasteiger partial charge in [-0.25, -0.2) is 4.39 Å². The summed E-state index contributed by atoms with van der Waals surface area (Å²) >= 11 is 0. The van der Waals surface area contributed by atoms with Crippen molar-refractivity contribution in [1.82, 2.24) is 10.1 Å². The van der Waals surface area contributed by atoms with Crippen molar-refractivity contribution in [2.45, 2.75) is 19.8 Å². The second-order valence-corrected chi connectivity index (χ2v) is 7.34. The molecule has 0 unspecified atom stereocenters. The van der Waals surface area contributed by atoms with Gasteiger partial charge in [0, 0.05) is 36.2 Å². The first-order valence-corrected chi connectivity index (χ1v) is 9.64. The van der Waals surface area contributed by atoms with Crippen molar-refractivity contribution >= 4 is 11.7 Å². The molecule has 0 bridgehead atoms. The van der Waals surface area contributed by atoms with E-state index < -0.39 is 5.82 Å². The maximum atomic E-state index is 14.7. The van der Waals surface area contributed by atoms with Gasteiger partial charge in [-0.2, -0.15) is 0 Å². The SMILES string of the molecule is Cc1cc(C(=O)N2CCC[C@H](C(=O)c3ccc(-c4ccccc4)c(F)c3)C2)no1. The summed E-state index contributed by atoms with van der Waals surface area (Å²) in [5.41, 5.74) is 1.80. The molecule has 0 saturated carbocycles. The van der Waals surface area contributed by atoms with E-state index in [-0.39, 0.29) is 23.3 Å². The highest BCUT2D eigenvalue weighted by Gasteiger charge is 2.31. The molecule has 29 heavy (non-hydrogen) atoms. The number of halogens is 1. The number of rotatable bonds is 4. The summed E-state index contributed by atoms with van der Waals surface area (Å²) in [7, 11) is 0. The van der Waals surface area contributed by atoms with Crippen LogP contribution in [0.5, 0.6) is 0 Å². The molecule has 2 heterocycles. The fourth-order valence-corrected chi connectivity index (χ4v) is 3.76. The first-order valence-electron chi connectivity index (χ1n) is 9.64. The first kappa shape index (κ1) is 19.1. The lowest BCUT2D eigenvalue weighted by Crippen LogP contribution is -2.42. The number of aromatic nitrogens is 1. The van der Waals surface area contributed by atoms with Gasteiger partial charge in [-0.1, -0.05) is 47.6 Å². The van der Waals surface area contributed by atoms with E-state index in [9.17, 15) is 14.0 Å². The standard InChI is InChI=1S/C23H21FN2O3/c1-15-12-21(25-29-15)23(28)26-11-5-8-18(14-26)22(27)17-9-10-19(20(24)13-17)16-6-3-2-4-7-16/h2-4,6-7,9-10,12-13,18H,5,8,11,14H2,1H3/t18-/m0/s1. The van der Waals surface area contributed by atoms with Crippen LogP contribution in [0.1, 0.15) is 39.4 Å². The zero-order valence-electron chi connectivity index (χ0n) is 16.1. The van der Waals surface area contributed by atoms with Crippen LogP contribution in [0.3, 0.4) is 0 Å². The number of hydrogen-bond donors (Lipinski definition) is 0. The van der Waals surface area contributed by atoms with Crippen molar-refractivity contribution in [3.8, 4) is 11.1 Å². The number of piperidine rings is 1. The van der Waals surface area contributed by atoms with E-state index >= 15 is 0 Å². The van der Waals surface area contributed by atoms with Crippen molar-refractivity contribution in [2.24, 2.45) is 5.92 Å². The number of carbonyl (C=O) groups excluding carboxylic acids is 2. The number of nitrogens with zero attached hydrogens (tertiary/aromatic N) is 2. The molecule has 6 heteroatoms. The molecule has 5 nitrogen and oxygen atoms in total. The molecule has 1 aliphatic rings. The Morgan fingerprint density at radius 3 is 2.62 bits per heavy atom. The van der Waals surface area contributed by atoms with Crippen LogP contribution in [-0.4, -0.2) is 34.8 Å². The molecule has 0 aliphatic carbocycles. The van der Waals surface area contributed by atoms with E-state index in [1.165, 1.54) is 6.07 Å². The summed E-state index contributed by atoms with van der Waals surface area (Å²) in [6, 6.07) is 15.4. The molecule has 1 aromatic heterocycles. The quantitative estimate of drug-likeness (QED) is 0.612. The monoisotopic (exact) mass is 392 g/mol. The number of carbonyl (C=O) groups is 2. The summed E-state index contributed by atoms with van der Waals surface area (Å²) in [6.07, 6.45) is 1.38. The van der Waals surface area contributed by atoms with Crippen LogP contribution >= 0.6 is 0 Å². The molecule has 0 radical (unpaired) electrons. The van der Waals surface area contributed by atoms with E-state index in [1.807, 2.05) is 30.3 Å². The zero-order valence-corrected chi connectivity index (χ0v) is 16.1. The smallest absolute Gasteiger partial charge is 0.276 e. The van der Waals surface area contributed by atoms with Crippen molar-refractivity contribution in [3.05, 3.63) is 77.4 Å². The molecule has 1 atom stereocenters. The molecular formula is C23H21FN2O3. The Morgan fingerprint density at radius 1 is 1.14 bits per heavy atom. The molecule has 1 saturated heterocycles. The number of Topliss-reactive ketones (excluding diaryl/α,β-unsaturated/α-hetero) is 1. The highest BCUT2D eigenvalue weighted by atomic mass is 19.1. The number of ketones is 1. The Bertz CT molecular complexity index is 1050. The summed E-state index contributed by atoms with van der Waals surface area (Å²) in [5, 5.41) is 3.77. The third-order valence-electron chi connectivity index (χ3n) is 5.26. The minimum atomic E-state index is -0.427. The van der Waals surface area contributed by atoms with Gasteiger partial charge in [0.05, 0.1) is 0 Å². The van der Waals surface area contributed by atoms with E-state index in [4.69, 9.17) is 4.52 Å². The van der Waals surface area contributed by atoms with Crippen LogP contribution in [0.4, 0.5) is 4.39 Å². The maximum absolute atomic E-state index is 14.7. The van der Waals surface area contributed by atoms with Gasteiger partial charge >= 0.3 is 0 Å². The normalized spacial score (nSPS) is 16.6. The molecular weight excluding hydrogens is 371 g/mol. The van der Waals surface area contributed by atoms with Crippen LogP contribution in [0.15, 0.2) is 59.1 Å². The second-order valence-electron chi connectivity index (χ2n) is 7.34. The minimum Gasteiger partial charge on any atom is -0.361 e. The molecule has 0 N–H and O–H groups in total. The number of hydrogen-bond acceptors (Lipinski definition) is 4. The third kappa shape index (κ3) is 3.97. The Morgan fingerprint density at radius 2 is 1.93 bits per heavy atom. The number of benzene rings is 2. The average Bonchev–Trinajstić information content (AvgIpc) is 3.19. The molecule has 4 rings (SSSR count). The zero-order chi connectivity index (χ0) is 20.4. The fourth-order valence-electron chi connectivity index (χ4n) is 3.76. The highest BCUT2D eigenvalue weighted by molar-refractivity contribution is 5.99. The molecule has 1 fully saturated rings. The molecule has 1 amide bonds. The van der Waals surface area contributed by atoms with Crippen molar-refractivity contribution in [2.75, 3.05) is 13.1 Å². The Hall–Kier alpha value is -3.28. The van der Waals surface area contributed by atoms with E-state index in [0.717, 1.165) is 5.56 Å². The predicted octanol–water partition coefficient (Wildman–Crippen LogP) is 4.52. The predicted molar refractivity (Wildman–Crippen MR) is 106 cm³/mol. The molecule has 148 valence electrons. The maximum Gasteiger partial charge on any atom is 0.276 e. The van der Waals surface area contributed by atoms with Crippen molar-refractivity contribution in [1.29, 1.82) is 0 Å². The van der Waals surface area contributed by atoms with Crippen LogP contribution in [0.2, 0.25) is 0 Å². The Kier molecular flexibility index (Phi) is 5.25. The largest absolute Gasteiger partial charge is 0.361 e. The van der Waals surface area contributed by atoms with Gasteiger partial charge in [-0.05, 0) is 31.4 Å². The molecule has 0 spiro atoms. The highest BCUT2D eigenvalue weighted by Crippen LogP contribution is 2.27. The van der Waals surface area contributed by atoms with Crippen LogP contribution in [0.25, 0.3) is 11.1 Å². The lowest BCUT2D eigenvalue weighted by atomic mass is 9.89. The minimum absolute atomic E-state index is 0.141. The van der Waals surface area contributed by atoms with Crippen LogP contribution in [-0.2, 0) is 0 Å². The Labute approximate surface area is 168 Å².